The predicted molar refractivity (Wildman–Crippen MR) is 63.6 cm³/mol. The molecular formula is C9H10ClFN2O4S. The largest absolute Gasteiger partial charge is 0.306 e. The SMILES string of the molecule is CN(CCCl)S(=O)(=O)c1ccc(F)c([N+](=O)[O-])c1. The van der Waals surface area contributed by atoms with Crippen LogP contribution >= 0.6 is 11.6 Å². The molecule has 0 heterocycles. The number of nitro benzene ring substituents is 1. The van der Waals surface area contributed by atoms with Gasteiger partial charge in [-0.25, -0.2) is 8.42 Å². The number of nitrogens with zero attached hydrogens (tertiary/aromatic N) is 2. The molecular weight excluding hydrogens is 287 g/mol. The zero-order valence-corrected chi connectivity index (χ0v) is 10.9. The average Bonchev–Trinajstić information content (AvgIpc) is 2.29. The number of rotatable bonds is 5. The highest BCUT2D eigenvalue weighted by Crippen LogP contribution is 2.23. The molecule has 0 aliphatic heterocycles. The number of benzene rings is 1. The van der Waals surface area contributed by atoms with Crippen molar-refractivity contribution in [3.05, 3.63) is 34.1 Å². The van der Waals surface area contributed by atoms with E-state index in [9.17, 15) is 22.9 Å². The van der Waals surface area contributed by atoms with Crippen LogP contribution in [0.1, 0.15) is 0 Å². The second kappa shape index (κ2) is 5.59. The van der Waals surface area contributed by atoms with E-state index in [2.05, 4.69) is 0 Å². The van der Waals surface area contributed by atoms with Crippen LogP contribution in [-0.2, 0) is 10.0 Å². The Kier molecular flexibility index (Phi) is 4.60. The lowest BCUT2D eigenvalue weighted by Crippen LogP contribution is -2.28. The molecule has 0 aromatic heterocycles. The van der Waals surface area contributed by atoms with Crippen LogP contribution in [0, 0.1) is 15.9 Å². The van der Waals surface area contributed by atoms with Crippen molar-refractivity contribution in [2.75, 3.05) is 19.5 Å². The third-order valence-electron chi connectivity index (χ3n) is 2.22. The highest BCUT2D eigenvalue weighted by molar-refractivity contribution is 7.89. The van der Waals surface area contributed by atoms with Gasteiger partial charge in [-0.15, -0.1) is 11.6 Å². The molecule has 0 atom stereocenters. The fraction of sp³-hybridized carbons (Fsp3) is 0.333. The van der Waals surface area contributed by atoms with Crippen LogP contribution in [0.4, 0.5) is 10.1 Å². The molecule has 0 N–H and O–H groups in total. The van der Waals surface area contributed by atoms with E-state index in [0.29, 0.717) is 6.07 Å². The van der Waals surface area contributed by atoms with Gasteiger partial charge >= 0.3 is 5.69 Å². The predicted octanol–water partition coefficient (Wildman–Crippen LogP) is 1.59. The van der Waals surface area contributed by atoms with E-state index in [1.807, 2.05) is 0 Å². The van der Waals surface area contributed by atoms with Gasteiger partial charge in [0, 0.05) is 25.5 Å². The van der Waals surface area contributed by atoms with E-state index in [1.54, 1.807) is 0 Å². The molecule has 0 aliphatic carbocycles. The van der Waals surface area contributed by atoms with Gasteiger partial charge in [0.2, 0.25) is 15.8 Å². The first-order valence-electron chi connectivity index (χ1n) is 4.77. The number of hydrogen-bond donors (Lipinski definition) is 0. The van der Waals surface area contributed by atoms with Crippen molar-refractivity contribution in [3.8, 4) is 0 Å². The number of nitro groups is 1. The zero-order valence-electron chi connectivity index (χ0n) is 9.34. The van der Waals surface area contributed by atoms with Gasteiger partial charge in [0.25, 0.3) is 0 Å². The second-order valence-electron chi connectivity index (χ2n) is 3.39. The molecule has 0 unspecified atom stereocenters. The van der Waals surface area contributed by atoms with Crippen LogP contribution in [0.5, 0.6) is 0 Å². The first-order chi connectivity index (χ1) is 8.30. The monoisotopic (exact) mass is 296 g/mol. The van der Waals surface area contributed by atoms with Crippen LogP contribution in [0.3, 0.4) is 0 Å². The maximum atomic E-state index is 13.1. The quantitative estimate of drug-likeness (QED) is 0.469. The van der Waals surface area contributed by atoms with Gasteiger partial charge < -0.3 is 0 Å². The third-order valence-corrected chi connectivity index (χ3v) is 4.24. The summed E-state index contributed by atoms with van der Waals surface area (Å²) >= 11 is 5.42. The topological polar surface area (TPSA) is 80.5 Å². The standard InChI is InChI=1S/C9H10ClFN2O4S/c1-12(5-4-10)18(16,17)7-2-3-8(11)9(6-7)13(14)15/h2-3,6H,4-5H2,1H3. The molecule has 100 valence electrons. The van der Waals surface area contributed by atoms with Gasteiger partial charge in [-0.1, -0.05) is 0 Å². The van der Waals surface area contributed by atoms with E-state index >= 15 is 0 Å². The lowest BCUT2D eigenvalue weighted by molar-refractivity contribution is -0.387. The Hall–Kier alpha value is -1.25. The summed E-state index contributed by atoms with van der Waals surface area (Å²) in [5.74, 6) is -1.00. The van der Waals surface area contributed by atoms with E-state index < -0.39 is 26.5 Å². The van der Waals surface area contributed by atoms with Gasteiger partial charge in [0.15, 0.2) is 0 Å². The molecule has 1 aromatic carbocycles. The molecule has 0 saturated heterocycles. The van der Waals surface area contributed by atoms with Crippen LogP contribution in [-0.4, -0.2) is 37.1 Å². The smallest absolute Gasteiger partial charge is 0.258 e. The Morgan fingerprint density at radius 3 is 2.61 bits per heavy atom. The van der Waals surface area contributed by atoms with Crippen LogP contribution < -0.4 is 0 Å². The van der Waals surface area contributed by atoms with Crippen molar-refractivity contribution in [2.24, 2.45) is 0 Å². The van der Waals surface area contributed by atoms with Gasteiger partial charge in [-0.05, 0) is 12.1 Å². The summed E-state index contributed by atoms with van der Waals surface area (Å²) in [5.41, 5.74) is -0.879. The highest BCUT2D eigenvalue weighted by atomic mass is 35.5. The molecule has 1 rings (SSSR count). The lowest BCUT2D eigenvalue weighted by Gasteiger charge is -2.15. The minimum atomic E-state index is -3.90. The highest BCUT2D eigenvalue weighted by Gasteiger charge is 2.24. The van der Waals surface area contributed by atoms with Gasteiger partial charge in [-0.2, -0.15) is 8.70 Å². The normalized spacial score (nSPS) is 11.8. The number of sulfonamides is 1. The molecule has 6 nitrogen and oxygen atoms in total. The van der Waals surface area contributed by atoms with Crippen molar-refractivity contribution >= 4 is 27.3 Å². The first kappa shape index (κ1) is 14.8. The van der Waals surface area contributed by atoms with Gasteiger partial charge in [-0.3, -0.25) is 10.1 Å². The first-order valence-corrected chi connectivity index (χ1v) is 6.74. The molecule has 0 fully saturated rings. The maximum absolute atomic E-state index is 13.1. The molecule has 0 spiro atoms. The fourth-order valence-corrected chi connectivity index (χ4v) is 2.76. The summed E-state index contributed by atoms with van der Waals surface area (Å²) in [4.78, 5) is 9.21. The van der Waals surface area contributed by atoms with Crippen LogP contribution in [0.2, 0.25) is 0 Å². The number of hydrogen-bond acceptors (Lipinski definition) is 4. The molecule has 18 heavy (non-hydrogen) atoms. The van der Waals surface area contributed by atoms with Crippen molar-refractivity contribution < 1.29 is 17.7 Å². The maximum Gasteiger partial charge on any atom is 0.306 e. The summed E-state index contributed by atoms with van der Waals surface area (Å²) in [5, 5.41) is 10.5. The molecule has 0 saturated carbocycles. The molecule has 0 bridgehead atoms. The van der Waals surface area contributed by atoms with E-state index in [0.717, 1.165) is 16.4 Å². The molecule has 1 aromatic rings. The van der Waals surface area contributed by atoms with Gasteiger partial charge in [0.05, 0.1) is 9.82 Å². The van der Waals surface area contributed by atoms with E-state index in [4.69, 9.17) is 11.6 Å². The Bertz CT molecular complexity index is 564. The summed E-state index contributed by atoms with van der Waals surface area (Å²) in [6.45, 7) is 0.0507. The molecule has 0 aliphatic rings. The second-order valence-corrected chi connectivity index (χ2v) is 5.81. The van der Waals surface area contributed by atoms with Crippen molar-refractivity contribution in [2.45, 2.75) is 4.90 Å². The summed E-state index contributed by atoms with van der Waals surface area (Å²) in [6.07, 6.45) is 0. The van der Waals surface area contributed by atoms with Crippen LogP contribution in [0.15, 0.2) is 23.1 Å². The Balaban J connectivity index is 3.26. The minimum absolute atomic E-state index is 0.0507. The van der Waals surface area contributed by atoms with E-state index in [1.165, 1.54) is 7.05 Å². The van der Waals surface area contributed by atoms with Crippen molar-refractivity contribution in [3.63, 3.8) is 0 Å². The lowest BCUT2D eigenvalue weighted by atomic mass is 10.3. The van der Waals surface area contributed by atoms with Gasteiger partial charge in [0.1, 0.15) is 0 Å². The average molecular weight is 297 g/mol. The van der Waals surface area contributed by atoms with E-state index in [-0.39, 0.29) is 17.3 Å². The summed E-state index contributed by atoms with van der Waals surface area (Å²) in [6, 6.07) is 2.41. The number of halogens is 2. The third kappa shape index (κ3) is 2.95. The fourth-order valence-electron chi connectivity index (χ4n) is 1.21. The molecule has 0 amide bonds. The zero-order chi connectivity index (χ0) is 13.9. The minimum Gasteiger partial charge on any atom is -0.258 e. The van der Waals surface area contributed by atoms with Crippen molar-refractivity contribution in [1.82, 2.24) is 4.31 Å². The molecule has 0 radical (unpaired) electrons. The summed E-state index contributed by atoms with van der Waals surface area (Å²) < 4.78 is 37.9. The molecule has 9 heteroatoms. The number of alkyl halides is 1. The Labute approximate surface area is 108 Å². The van der Waals surface area contributed by atoms with Crippen LogP contribution in [0.25, 0.3) is 0 Å². The Morgan fingerprint density at radius 2 is 2.11 bits per heavy atom. The van der Waals surface area contributed by atoms with Crippen molar-refractivity contribution in [1.29, 1.82) is 0 Å². The summed E-state index contributed by atoms with van der Waals surface area (Å²) in [7, 11) is -2.61. The Morgan fingerprint density at radius 1 is 1.50 bits per heavy atom.